The van der Waals surface area contributed by atoms with Gasteiger partial charge in [-0.25, -0.2) is 0 Å². The van der Waals surface area contributed by atoms with Gasteiger partial charge in [0.15, 0.2) is 0 Å². The number of carbonyl (C=O) groups is 3. The van der Waals surface area contributed by atoms with Crippen molar-refractivity contribution < 1.29 is 24.6 Å². The number of hydrogen-bond donors (Lipinski definition) is 3. The van der Waals surface area contributed by atoms with Gasteiger partial charge >= 0.3 is 11.9 Å². The first kappa shape index (κ1) is 14.9. The molecule has 0 aromatic heterocycles. The Morgan fingerprint density at radius 3 is 2.42 bits per heavy atom. The number of carboxylic acids is 2. The molecule has 0 aliphatic carbocycles. The molecule has 3 N–H and O–H groups in total. The lowest BCUT2D eigenvalue weighted by Crippen LogP contribution is -2.49. The summed E-state index contributed by atoms with van der Waals surface area (Å²) in [6.45, 7) is 0.234. The Morgan fingerprint density at radius 2 is 1.89 bits per heavy atom. The first-order valence-corrected chi connectivity index (χ1v) is 5.77. The quantitative estimate of drug-likeness (QED) is 0.530. The molecule has 19 heavy (non-hydrogen) atoms. The summed E-state index contributed by atoms with van der Waals surface area (Å²) >= 11 is 0. The van der Waals surface area contributed by atoms with E-state index in [4.69, 9.17) is 15.5 Å². The van der Waals surface area contributed by atoms with E-state index in [1.54, 1.807) is 11.0 Å². The standard InChI is InChI=1S/C11H15N3O5/c12-2-3-13-9(15)6-14-4-1-7(10(16)17)8(5-14)11(18)19/h7-8H,1,3-6H2,(H,13,15)(H,16,17)(H,18,19). The minimum Gasteiger partial charge on any atom is -0.481 e. The van der Waals surface area contributed by atoms with Gasteiger partial charge < -0.3 is 15.5 Å². The van der Waals surface area contributed by atoms with Crippen LogP contribution in [0.25, 0.3) is 0 Å². The molecule has 8 nitrogen and oxygen atoms in total. The number of nitrogens with one attached hydrogen (secondary N) is 1. The van der Waals surface area contributed by atoms with Crippen molar-refractivity contribution in [3.05, 3.63) is 0 Å². The molecule has 1 amide bonds. The molecular formula is C11H15N3O5. The van der Waals surface area contributed by atoms with E-state index in [-0.39, 0.29) is 32.0 Å². The van der Waals surface area contributed by atoms with Crippen LogP contribution in [0.2, 0.25) is 0 Å². The summed E-state index contributed by atoms with van der Waals surface area (Å²) in [4.78, 5) is 35.0. The number of hydrogen-bond acceptors (Lipinski definition) is 5. The Labute approximate surface area is 109 Å². The van der Waals surface area contributed by atoms with E-state index in [9.17, 15) is 14.4 Å². The second kappa shape index (κ2) is 6.70. The lowest BCUT2D eigenvalue weighted by Gasteiger charge is -2.33. The fourth-order valence-electron chi connectivity index (χ4n) is 2.11. The molecule has 104 valence electrons. The van der Waals surface area contributed by atoms with Gasteiger partial charge in [-0.05, 0) is 13.0 Å². The number of aliphatic carboxylic acids is 2. The molecule has 1 fully saturated rings. The van der Waals surface area contributed by atoms with Crippen LogP contribution in [0.3, 0.4) is 0 Å². The van der Waals surface area contributed by atoms with E-state index in [0.29, 0.717) is 6.54 Å². The molecule has 1 saturated heterocycles. The third-order valence-corrected chi connectivity index (χ3v) is 3.06. The molecule has 0 radical (unpaired) electrons. The van der Waals surface area contributed by atoms with E-state index in [1.807, 2.05) is 0 Å². The van der Waals surface area contributed by atoms with Gasteiger partial charge in [0.25, 0.3) is 0 Å². The SMILES string of the molecule is N#CCNC(=O)CN1CCC(C(=O)O)C(C(=O)O)C1. The average Bonchev–Trinajstić information content (AvgIpc) is 2.35. The maximum Gasteiger partial charge on any atom is 0.308 e. The molecule has 0 saturated carbocycles. The van der Waals surface area contributed by atoms with Gasteiger partial charge in [0.1, 0.15) is 6.54 Å². The van der Waals surface area contributed by atoms with E-state index >= 15 is 0 Å². The largest absolute Gasteiger partial charge is 0.481 e. The number of piperidine rings is 1. The van der Waals surface area contributed by atoms with Crippen LogP contribution in [0, 0.1) is 23.2 Å². The van der Waals surface area contributed by atoms with Crippen molar-refractivity contribution in [3.8, 4) is 6.07 Å². The zero-order valence-corrected chi connectivity index (χ0v) is 10.2. The van der Waals surface area contributed by atoms with Gasteiger partial charge in [0.05, 0.1) is 24.4 Å². The zero-order chi connectivity index (χ0) is 14.4. The summed E-state index contributed by atoms with van der Waals surface area (Å²) in [6, 6.07) is 1.76. The Balaban J connectivity index is 2.57. The number of nitriles is 1. The van der Waals surface area contributed by atoms with Gasteiger partial charge in [-0.1, -0.05) is 0 Å². The van der Waals surface area contributed by atoms with Gasteiger partial charge in [0.2, 0.25) is 5.91 Å². The van der Waals surface area contributed by atoms with Crippen LogP contribution in [-0.4, -0.2) is 59.1 Å². The third kappa shape index (κ3) is 4.22. The highest BCUT2D eigenvalue weighted by atomic mass is 16.4. The van der Waals surface area contributed by atoms with E-state index in [0.717, 1.165) is 0 Å². The molecule has 1 rings (SSSR count). The fraction of sp³-hybridized carbons (Fsp3) is 0.636. The highest BCUT2D eigenvalue weighted by Crippen LogP contribution is 2.24. The van der Waals surface area contributed by atoms with Gasteiger partial charge in [-0.2, -0.15) is 5.26 Å². The van der Waals surface area contributed by atoms with E-state index in [1.165, 1.54) is 0 Å². The normalized spacial score (nSPS) is 23.3. The number of carbonyl (C=O) groups excluding carboxylic acids is 1. The van der Waals surface area contributed by atoms with Gasteiger partial charge in [-0.3, -0.25) is 19.3 Å². The summed E-state index contributed by atoms with van der Waals surface area (Å²) in [5.41, 5.74) is 0. The minimum atomic E-state index is -1.17. The predicted molar refractivity (Wildman–Crippen MR) is 61.9 cm³/mol. The molecule has 1 heterocycles. The van der Waals surface area contributed by atoms with Crippen LogP contribution in [0.5, 0.6) is 0 Å². The summed E-state index contributed by atoms with van der Waals surface area (Å²) in [5, 5.41) is 28.6. The first-order chi connectivity index (χ1) is 8.95. The molecule has 1 aliphatic heterocycles. The third-order valence-electron chi connectivity index (χ3n) is 3.06. The summed E-state index contributed by atoms with van der Waals surface area (Å²) in [5.74, 6) is -4.61. The van der Waals surface area contributed by atoms with Crippen molar-refractivity contribution in [2.75, 3.05) is 26.2 Å². The molecule has 2 atom stereocenters. The molecular weight excluding hydrogens is 254 g/mol. The fourth-order valence-corrected chi connectivity index (χ4v) is 2.11. The van der Waals surface area contributed by atoms with Crippen LogP contribution >= 0.6 is 0 Å². The van der Waals surface area contributed by atoms with Crippen molar-refractivity contribution in [1.82, 2.24) is 10.2 Å². The molecule has 2 unspecified atom stereocenters. The van der Waals surface area contributed by atoms with Crippen LogP contribution in [-0.2, 0) is 14.4 Å². The monoisotopic (exact) mass is 269 g/mol. The van der Waals surface area contributed by atoms with Crippen molar-refractivity contribution in [1.29, 1.82) is 5.26 Å². The number of amides is 1. The Bertz CT molecular complexity index is 417. The number of rotatable bonds is 5. The molecule has 0 aromatic carbocycles. The Morgan fingerprint density at radius 1 is 1.26 bits per heavy atom. The molecule has 0 bridgehead atoms. The Kier molecular flexibility index (Phi) is 5.26. The average molecular weight is 269 g/mol. The van der Waals surface area contributed by atoms with Crippen LogP contribution in [0.4, 0.5) is 0 Å². The smallest absolute Gasteiger partial charge is 0.308 e. The molecule has 8 heteroatoms. The van der Waals surface area contributed by atoms with Crippen LogP contribution in [0.15, 0.2) is 0 Å². The van der Waals surface area contributed by atoms with Crippen molar-refractivity contribution in [2.45, 2.75) is 6.42 Å². The molecule has 0 aromatic rings. The first-order valence-electron chi connectivity index (χ1n) is 5.77. The maximum absolute atomic E-state index is 11.4. The Hall–Kier alpha value is -2.14. The number of carboxylic acid groups (broad SMARTS) is 2. The summed E-state index contributed by atoms with van der Waals surface area (Å²) in [7, 11) is 0. The lowest BCUT2D eigenvalue weighted by atomic mass is 9.85. The van der Waals surface area contributed by atoms with Gasteiger partial charge in [0, 0.05) is 6.54 Å². The number of likely N-dealkylation sites (tertiary alicyclic amines) is 1. The predicted octanol–water partition coefficient (Wildman–Crippen LogP) is -1.27. The van der Waals surface area contributed by atoms with Gasteiger partial charge in [-0.15, -0.1) is 0 Å². The second-order valence-corrected chi connectivity index (χ2v) is 4.35. The summed E-state index contributed by atoms with van der Waals surface area (Å²) < 4.78 is 0. The van der Waals surface area contributed by atoms with E-state index < -0.39 is 23.8 Å². The lowest BCUT2D eigenvalue weighted by molar-refractivity contribution is -0.157. The minimum absolute atomic E-state index is 0.0201. The van der Waals surface area contributed by atoms with E-state index in [2.05, 4.69) is 5.32 Å². The highest BCUT2D eigenvalue weighted by molar-refractivity contribution is 5.81. The van der Waals surface area contributed by atoms with Crippen LogP contribution < -0.4 is 5.32 Å². The van der Waals surface area contributed by atoms with Crippen LogP contribution in [0.1, 0.15) is 6.42 Å². The zero-order valence-electron chi connectivity index (χ0n) is 10.2. The molecule has 1 aliphatic rings. The summed E-state index contributed by atoms with van der Waals surface area (Å²) in [6.07, 6.45) is 0.192. The number of nitrogens with zero attached hydrogens (tertiary/aromatic N) is 2. The highest BCUT2D eigenvalue weighted by Gasteiger charge is 2.38. The van der Waals surface area contributed by atoms with Crippen molar-refractivity contribution >= 4 is 17.8 Å². The molecule has 0 spiro atoms. The second-order valence-electron chi connectivity index (χ2n) is 4.35. The maximum atomic E-state index is 11.4. The van der Waals surface area contributed by atoms with Crippen molar-refractivity contribution in [2.24, 2.45) is 11.8 Å². The topological polar surface area (TPSA) is 131 Å². The van der Waals surface area contributed by atoms with Crippen molar-refractivity contribution in [3.63, 3.8) is 0 Å².